The van der Waals surface area contributed by atoms with Gasteiger partial charge in [-0.3, -0.25) is 4.79 Å². The molecule has 6 rings (SSSR count). The van der Waals surface area contributed by atoms with Gasteiger partial charge in [0.05, 0.1) is 63.0 Å². The molecule has 3 aromatic heterocycles. The number of hydrogen-bond donors (Lipinski definition) is 6. The first kappa shape index (κ1) is 29.6. The molecule has 11 heteroatoms. The van der Waals surface area contributed by atoms with Crippen molar-refractivity contribution in [2.45, 2.75) is 64.2 Å². The molecule has 9 N–H and O–H groups in total. The van der Waals surface area contributed by atoms with Gasteiger partial charge in [-0.2, -0.15) is 0 Å². The molecule has 2 aliphatic rings. The van der Waals surface area contributed by atoms with E-state index in [1.165, 1.54) is 0 Å². The van der Waals surface area contributed by atoms with Crippen LogP contribution in [0.25, 0.3) is 32.0 Å². The average Bonchev–Trinajstić information content (AvgIpc) is 3.83. The van der Waals surface area contributed by atoms with Gasteiger partial charge in [0.25, 0.3) is 0 Å². The number of nitrogens with two attached hydrogens (primary N) is 3. The second-order valence-corrected chi connectivity index (χ2v) is 13.2. The van der Waals surface area contributed by atoms with Crippen molar-refractivity contribution in [3.05, 3.63) is 48.4 Å². The fraction of sp³-hybridized carbons (Fsp3) is 0.469. The number of nitrogens with one attached hydrogen (secondary N) is 3. The van der Waals surface area contributed by atoms with Crippen molar-refractivity contribution in [2.24, 2.45) is 29.0 Å². The van der Waals surface area contributed by atoms with E-state index < -0.39 is 0 Å². The number of anilines is 2. The molecular formula is C32H43N9OS. The Morgan fingerprint density at radius 2 is 1.95 bits per heavy atom. The van der Waals surface area contributed by atoms with Gasteiger partial charge in [0.1, 0.15) is 5.82 Å². The summed E-state index contributed by atoms with van der Waals surface area (Å²) in [5, 5.41) is 8.58. The molecule has 10 nitrogen and oxygen atoms in total. The Morgan fingerprint density at radius 3 is 2.74 bits per heavy atom. The summed E-state index contributed by atoms with van der Waals surface area (Å²) in [6.45, 7) is 5.81. The first-order valence-corrected chi connectivity index (χ1v) is 16.3. The lowest BCUT2D eigenvalue weighted by Crippen LogP contribution is -2.38. The van der Waals surface area contributed by atoms with Gasteiger partial charge in [0, 0.05) is 18.0 Å². The maximum absolute atomic E-state index is 12.3. The fourth-order valence-corrected chi connectivity index (χ4v) is 7.29. The van der Waals surface area contributed by atoms with E-state index in [-0.39, 0.29) is 30.7 Å². The zero-order chi connectivity index (χ0) is 30.1. The van der Waals surface area contributed by atoms with Crippen LogP contribution in [0.4, 0.5) is 11.4 Å². The molecule has 1 aromatic carbocycles. The van der Waals surface area contributed by atoms with Crippen LogP contribution in [0, 0.1) is 11.8 Å². The molecule has 0 spiro atoms. The maximum atomic E-state index is 12.3. The first-order valence-electron chi connectivity index (χ1n) is 15.4. The Hall–Kier alpha value is -3.51. The van der Waals surface area contributed by atoms with Crippen LogP contribution in [-0.2, 0) is 4.79 Å². The molecule has 0 bridgehead atoms. The van der Waals surface area contributed by atoms with E-state index in [1.807, 2.05) is 11.1 Å². The third-order valence-corrected chi connectivity index (χ3v) is 10.1. The van der Waals surface area contributed by atoms with Crippen LogP contribution in [0.15, 0.2) is 42.6 Å². The second kappa shape index (κ2) is 12.6. The van der Waals surface area contributed by atoms with Gasteiger partial charge >= 0.3 is 0 Å². The number of thiophene rings is 1. The van der Waals surface area contributed by atoms with Gasteiger partial charge in [-0.1, -0.05) is 13.8 Å². The summed E-state index contributed by atoms with van der Waals surface area (Å²) in [6.07, 6.45) is 6.77. The average molecular weight is 602 g/mol. The molecule has 4 atom stereocenters. The minimum absolute atomic E-state index is 0.0232. The van der Waals surface area contributed by atoms with Gasteiger partial charge in [-0.25, -0.2) is 9.97 Å². The number of carbonyl (C=O) groups is 1. The Labute approximate surface area is 256 Å². The molecule has 43 heavy (non-hydrogen) atoms. The Balaban J connectivity index is 1.20. The van der Waals surface area contributed by atoms with E-state index in [0.29, 0.717) is 18.4 Å². The summed E-state index contributed by atoms with van der Waals surface area (Å²) in [5.74, 6) is 1.60. The van der Waals surface area contributed by atoms with E-state index in [4.69, 9.17) is 22.2 Å². The van der Waals surface area contributed by atoms with Gasteiger partial charge in [0.2, 0.25) is 5.91 Å². The number of aromatic amines is 1. The van der Waals surface area contributed by atoms with Crippen molar-refractivity contribution in [1.82, 2.24) is 19.9 Å². The molecule has 2 aliphatic heterocycles. The number of amides is 1. The zero-order valence-electron chi connectivity index (χ0n) is 25.0. The van der Waals surface area contributed by atoms with Crippen LogP contribution in [0.1, 0.15) is 57.8 Å². The summed E-state index contributed by atoms with van der Waals surface area (Å²) in [5.41, 5.74) is 23.0. The molecule has 0 aliphatic carbocycles. The lowest BCUT2D eigenvalue weighted by Gasteiger charge is -2.28. The molecule has 1 fully saturated rings. The number of rotatable bonds is 11. The molecule has 0 radical (unpaired) electrons. The molecule has 1 unspecified atom stereocenters. The van der Waals surface area contributed by atoms with Crippen LogP contribution in [0.5, 0.6) is 0 Å². The minimum atomic E-state index is -0.0429. The Kier molecular flexibility index (Phi) is 8.67. The van der Waals surface area contributed by atoms with E-state index >= 15 is 0 Å². The molecule has 1 amide bonds. The number of carbonyl (C=O) groups excluding carboxylic acids is 1. The van der Waals surface area contributed by atoms with E-state index in [1.54, 1.807) is 11.3 Å². The lowest BCUT2D eigenvalue weighted by molar-refractivity contribution is -0.130. The molecular weight excluding hydrogens is 558 g/mol. The highest BCUT2D eigenvalue weighted by atomic mass is 32.1. The van der Waals surface area contributed by atoms with Crippen LogP contribution >= 0.6 is 11.3 Å². The van der Waals surface area contributed by atoms with Crippen LogP contribution < -0.4 is 27.8 Å². The van der Waals surface area contributed by atoms with Crippen molar-refractivity contribution in [3.8, 4) is 21.1 Å². The number of aromatic nitrogens is 3. The maximum Gasteiger partial charge on any atom is 0.236 e. The SMILES string of the molecule is CC(C)[C@H](N)C[C@@H](CCCN)C1Nc2ccc3nc(-c4ccc(-c5cnc([C@@H]6CCCN6C(=O)CN)[nH]5)s4)ccc3c2N1. The normalized spacial score (nSPS) is 19.4. The Bertz CT molecular complexity index is 1580. The van der Waals surface area contributed by atoms with Crippen molar-refractivity contribution >= 4 is 39.5 Å². The van der Waals surface area contributed by atoms with E-state index in [9.17, 15) is 4.79 Å². The highest BCUT2D eigenvalue weighted by molar-refractivity contribution is 7.18. The van der Waals surface area contributed by atoms with Crippen LogP contribution in [0.3, 0.4) is 0 Å². The van der Waals surface area contributed by atoms with Crippen molar-refractivity contribution in [2.75, 3.05) is 30.3 Å². The molecule has 4 aromatic rings. The fourth-order valence-electron chi connectivity index (χ4n) is 6.35. The molecule has 1 saturated heterocycles. The number of nitrogens with zero attached hydrogens (tertiary/aromatic N) is 3. The zero-order valence-corrected chi connectivity index (χ0v) is 25.8. The van der Waals surface area contributed by atoms with Crippen molar-refractivity contribution < 1.29 is 4.79 Å². The lowest BCUT2D eigenvalue weighted by atomic mass is 9.88. The largest absolute Gasteiger partial charge is 0.363 e. The van der Waals surface area contributed by atoms with E-state index in [2.05, 4.69) is 70.8 Å². The highest BCUT2D eigenvalue weighted by Crippen LogP contribution is 2.41. The van der Waals surface area contributed by atoms with Gasteiger partial charge in [0.15, 0.2) is 0 Å². The summed E-state index contributed by atoms with van der Waals surface area (Å²) in [4.78, 5) is 29.4. The molecule has 0 saturated carbocycles. The number of pyridine rings is 1. The van der Waals surface area contributed by atoms with Gasteiger partial charge < -0.3 is 37.7 Å². The number of fused-ring (bicyclic) bond motifs is 3. The molecule has 5 heterocycles. The summed E-state index contributed by atoms with van der Waals surface area (Å²) < 4.78 is 0. The van der Waals surface area contributed by atoms with Crippen LogP contribution in [0.2, 0.25) is 0 Å². The third kappa shape index (κ3) is 5.99. The smallest absolute Gasteiger partial charge is 0.236 e. The summed E-state index contributed by atoms with van der Waals surface area (Å²) >= 11 is 1.68. The number of benzene rings is 1. The summed E-state index contributed by atoms with van der Waals surface area (Å²) in [7, 11) is 0. The predicted octanol–water partition coefficient (Wildman–Crippen LogP) is 4.87. The quantitative estimate of drug-likeness (QED) is 0.142. The first-order chi connectivity index (χ1) is 20.9. The van der Waals surface area contributed by atoms with E-state index in [0.717, 1.165) is 87.9 Å². The standard InChI is InChI=1S/C32H43N9OS/c1-18(2)21(35)15-19(5-3-13-33)31-38-24-10-9-22-20(30(24)40-31)7-8-23(37-22)27-11-12-28(43-27)25-17-36-32(39-25)26-6-4-14-41(26)29(42)16-34/h7-12,17-19,21,26,31,38,40H,3-6,13-16,33-35H2,1-2H3,(H,36,39)/t19-,21-,26+,31?/m1/s1. The highest BCUT2D eigenvalue weighted by Gasteiger charge is 2.32. The summed E-state index contributed by atoms with van der Waals surface area (Å²) in [6, 6.07) is 12.8. The minimum Gasteiger partial charge on any atom is -0.363 e. The monoisotopic (exact) mass is 601 g/mol. The van der Waals surface area contributed by atoms with Gasteiger partial charge in [-0.15, -0.1) is 11.3 Å². The predicted molar refractivity (Wildman–Crippen MR) is 176 cm³/mol. The number of imidazole rings is 1. The second-order valence-electron chi connectivity index (χ2n) is 12.1. The van der Waals surface area contributed by atoms with Gasteiger partial charge in [-0.05, 0) is 86.9 Å². The topological polar surface area (TPSA) is 164 Å². The third-order valence-electron chi connectivity index (χ3n) is 8.95. The molecule has 228 valence electrons. The van der Waals surface area contributed by atoms with Crippen molar-refractivity contribution in [1.29, 1.82) is 0 Å². The number of H-pyrrole nitrogens is 1. The number of hydrogen-bond acceptors (Lipinski definition) is 9. The Morgan fingerprint density at radius 1 is 1.12 bits per heavy atom. The van der Waals surface area contributed by atoms with Crippen molar-refractivity contribution in [3.63, 3.8) is 0 Å². The van der Waals surface area contributed by atoms with Crippen LogP contribution in [-0.4, -0.2) is 57.6 Å². The number of likely N-dealkylation sites (tertiary alicyclic amines) is 1.